The minimum atomic E-state index is 0.433. The normalized spacial score (nSPS) is 10.5. The lowest BCUT2D eigenvalue weighted by Gasteiger charge is -2.10. The molecule has 0 amide bonds. The Morgan fingerprint density at radius 1 is 0.947 bits per heavy atom. The van der Waals surface area contributed by atoms with E-state index in [9.17, 15) is 0 Å². The molecule has 0 aliphatic rings. The molecule has 1 nitrogen and oxygen atoms in total. The maximum absolute atomic E-state index is 6.03. The van der Waals surface area contributed by atoms with Gasteiger partial charge in [0.25, 0.3) is 0 Å². The molecule has 0 aliphatic carbocycles. The van der Waals surface area contributed by atoms with E-state index in [0.717, 1.165) is 5.75 Å². The summed E-state index contributed by atoms with van der Waals surface area (Å²) in [6, 6.07) is 13.4. The van der Waals surface area contributed by atoms with Gasteiger partial charge >= 0.3 is 0 Å². The second kappa shape index (κ2) is 7.30. The number of halogens is 3. The Labute approximate surface area is 131 Å². The van der Waals surface area contributed by atoms with Gasteiger partial charge in [-0.25, -0.2) is 0 Å². The molecule has 0 saturated heterocycles. The van der Waals surface area contributed by atoms with Crippen molar-refractivity contribution in [2.24, 2.45) is 0 Å². The zero-order valence-electron chi connectivity index (χ0n) is 9.91. The van der Waals surface area contributed by atoms with E-state index >= 15 is 0 Å². The van der Waals surface area contributed by atoms with Gasteiger partial charge in [-0.1, -0.05) is 53.0 Å². The molecule has 2 rings (SSSR count). The fourth-order valence-electron chi connectivity index (χ4n) is 1.49. The van der Waals surface area contributed by atoms with Crippen LogP contribution in [0.4, 0.5) is 0 Å². The quantitative estimate of drug-likeness (QED) is 0.504. The van der Waals surface area contributed by atoms with Crippen molar-refractivity contribution in [2.45, 2.75) is 4.90 Å². The van der Waals surface area contributed by atoms with Gasteiger partial charge in [-0.05, 0) is 24.3 Å². The van der Waals surface area contributed by atoms with Crippen LogP contribution in [0.25, 0.3) is 0 Å². The third-order valence-electron chi connectivity index (χ3n) is 2.30. The Balaban J connectivity index is 1.86. The van der Waals surface area contributed by atoms with Gasteiger partial charge in [0, 0.05) is 15.7 Å². The van der Waals surface area contributed by atoms with E-state index in [1.807, 2.05) is 18.2 Å². The molecule has 0 atom stereocenters. The van der Waals surface area contributed by atoms with Crippen molar-refractivity contribution in [3.05, 3.63) is 57.5 Å². The van der Waals surface area contributed by atoms with Crippen molar-refractivity contribution in [3.8, 4) is 5.75 Å². The summed E-state index contributed by atoms with van der Waals surface area (Å²) < 4.78 is 5.60. The highest BCUT2D eigenvalue weighted by Gasteiger charge is 2.08. The monoisotopic (exact) mass is 332 g/mol. The van der Waals surface area contributed by atoms with Crippen LogP contribution in [0.15, 0.2) is 47.4 Å². The summed E-state index contributed by atoms with van der Waals surface area (Å²) in [5.74, 6) is 1.31. The summed E-state index contributed by atoms with van der Waals surface area (Å²) in [6.45, 7) is 0.528. The average Bonchev–Trinajstić information content (AvgIpc) is 2.38. The summed E-state index contributed by atoms with van der Waals surface area (Å²) in [5, 5.41) is 1.37. The van der Waals surface area contributed by atoms with Crippen LogP contribution in [-0.4, -0.2) is 12.4 Å². The van der Waals surface area contributed by atoms with Crippen LogP contribution in [0.3, 0.4) is 0 Å². The largest absolute Gasteiger partial charge is 0.490 e. The predicted octanol–water partition coefficient (Wildman–Crippen LogP) is 5.82. The van der Waals surface area contributed by atoms with Crippen molar-refractivity contribution < 1.29 is 4.74 Å². The first-order valence-electron chi connectivity index (χ1n) is 5.62. The van der Waals surface area contributed by atoms with E-state index < -0.39 is 0 Å². The lowest BCUT2D eigenvalue weighted by atomic mass is 10.3. The van der Waals surface area contributed by atoms with E-state index in [0.29, 0.717) is 27.4 Å². The van der Waals surface area contributed by atoms with Crippen LogP contribution < -0.4 is 4.74 Å². The van der Waals surface area contributed by atoms with E-state index in [1.165, 1.54) is 4.90 Å². The van der Waals surface area contributed by atoms with E-state index in [2.05, 4.69) is 12.1 Å². The first-order chi connectivity index (χ1) is 9.16. The Hall–Kier alpha value is -0.540. The zero-order valence-corrected chi connectivity index (χ0v) is 13.0. The SMILES string of the molecule is Clc1cc(Cl)c(OCCSc2ccccc2)c(Cl)c1. The van der Waals surface area contributed by atoms with Crippen LogP contribution in [0, 0.1) is 0 Å². The molecule has 0 fully saturated rings. The Kier molecular flexibility index (Phi) is 5.71. The number of rotatable bonds is 5. The van der Waals surface area contributed by atoms with Crippen molar-refractivity contribution >= 4 is 46.6 Å². The summed E-state index contributed by atoms with van der Waals surface area (Å²) in [5.41, 5.74) is 0. The number of hydrogen-bond acceptors (Lipinski definition) is 2. The summed E-state index contributed by atoms with van der Waals surface area (Å²) in [7, 11) is 0. The summed E-state index contributed by atoms with van der Waals surface area (Å²) in [6.07, 6.45) is 0. The van der Waals surface area contributed by atoms with Crippen molar-refractivity contribution in [2.75, 3.05) is 12.4 Å². The molecule has 0 aromatic heterocycles. The minimum absolute atomic E-state index is 0.433. The van der Waals surface area contributed by atoms with E-state index in [1.54, 1.807) is 23.9 Å². The molecule has 19 heavy (non-hydrogen) atoms. The highest BCUT2D eigenvalue weighted by molar-refractivity contribution is 7.99. The lowest BCUT2D eigenvalue weighted by molar-refractivity contribution is 0.344. The van der Waals surface area contributed by atoms with Gasteiger partial charge in [-0.3, -0.25) is 0 Å². The third-order valence-corrected chi connectivity index (χ3v) is 4.06. The molecule has 0 bridgehead atoms. The first-order valence-corrected chi connectivity index (χ1v) is 7.74. The minimum Gasteiger partial charge on any atom is -0.490 e. The van der Waals surface area contributed by atoms with Crippen molar-refractivity contribution in [3.63, 3.8) is 0 Å². The van der Waals surface area contributed by atoms with Crippen LogP contribution in [0.2, 0.25) is 15.1 Å². The second-order valence-electron chi connectivity index (χ2n) is 3.71. The van der Waals surface area contributed by atoms with Crippen molar-refractivity contribution in [1.29, 1.82) is 0 Å². The van der Waals surface area contributed by atoms with E-state index in [-0.39, 0.29) is 0 Å². The van der Waals surface area contributed by atoms with Gasteiger partial charge in [0.05, 0.1) is 16.7 Å². The molecule has 0 aliphatic heterocycles. The third kappa shape index (κ3) is 4.50. The predicted molar refractivity (Wildman–Crippen MR) is 84.1 cm³/mol. The smallest absolute Gasteiger partial charge is 0.156 e. The van der Waals surface area contributed by atoms with Crippen LogP contribution >= 0.6 is 46.6 Å². The van der Waals surface area contributed by atoms with Crippen LogP contribution in [-0.2, 0) is 0 Å². The molecular formula is C14H11Cl3OS. The van der Waals surface area contributed by atoms with Gasteiger partial charge in [0.2, 0.25) is 0 Å². The van der Waals surface area contributed by atoms with Gasteiger partial charge < -0.3 is 4.74 Å². The first kappa shape index (κ1) is 14.9. The van der Waals surface area contributed by atoms with E-state index in [4.69, 9.17) is 39.5 Å². The molecule has 2 aromatic rings. The molecule has 0 heterocycles. The average molecular weight is 334 g/mol. The molecule has 5 heteroatoms. The topological polar surface area (TPSA) is 9.23 Å². The summed E-state index contributed by atoms with van der Waals surface area (Å²) >= 11 is 19.6. The lowest BCUT2D eigenvalue weighted by Crippen LogP contribution is -2.01. The highest BCUT2D eigenvalue weighted by Crippen LogP contribution is 2.35. The molecule has 0 N–H and O–H groups in total. The van der Waals surface area contributed by atoms with Gasteiger partial charge in [0.15, 0.2) is 5.75 Å². The van der Waals surface area contributed by atoms with Crippen LogP contribution in [0.5, 0.6) is 5.75 Å². The zero-order chi connectivity index (χ0) is 13.7. The molecular weight excluding hydrogens is 323 g/mol. The number of benzene rings is 2. The van der Waals surface area contributed by atoms with Gasteiger partial charge in [-0.2, -0.15) is 0 Å². The fourth-order valence-corrected chi connectivity index (χ4v) is 3.16. The maximum Gasteiger partial charge on any atom is 0.156 e. The Morgan fingerprint density at radius 3 is 2.21 bits per heavy atom. The Bertz CT molecular complexity index is 523. The molecule has 0 radical (unpaired) electrons. The fraction of sp³-hybridized carbons (Fsp3) is 0.143. The molecule has 2 aromatic carbocycles. The Morgan fingerprint density at radius 2 is 1.58 bits per heavy atom. The maximum atomic E-state index is 6.03. The highest BCUT2D eigenvalue weighted by atomic mass is 35.5. The van der Waals surface area contributed by atoms with Gasteiger partial charge in [-0.15, -0.1) is 11.8 Å². The van der Waals surface area contributed by atoms with Gasteiger partial charge in [0.1, 0.15) is 0 Å². The summed E-state index contributed by atoms with van der Waals surface area (Å²) in [4.78, 5) is 1.21. The molecule has 100 valence electrons. The second-order valence-corrected chi connectivity index (χ2v) is 6.13. The molecule has 0 unspecified atom stereocenters. The number of hydrogen-bond donors (Lipinski definition) is 0. The number of ether oxygens (including phenoxy) is 1. The van der Waals surface area contributed by atoms with Crippen LogP contribution in [0.1, 0.15) is 0 Å². The molecule has 0 saturated carbocycles. The molecule has 0 spiro atoms. The number of thioether (sulfide) groups is 1. The van der Waals surface area contributed by atoms with Crippen molar-refractivity contribution in [1.82, 2.24) is 0 Å². The standard InChI is InChI=1S/C14H11Cl3OS/c15-10-8-12(16)14(13(17)9-10)18-6-7-19-11-4-2-1-3-5-11/h1-5,8-9H,6-7H2.